The molecule has 0 saturated heterocycles. The summed E-state index contributed by atoms with van der Waals surface area (Å²) in [6.07, 6.45) is 10.6. The third-order valence-electron chi connectivity index (χ3n) is 5.85. The van der Waals surface area contributed by atoms with Crippen LogP contribution in [-0.2, 0) is 19.2 Å². The van der Waals surface area contributed by atoms with Gasteiger partial charge < -0.3 is 24.8 Å². The molecule has 0 radical (unpaired) electrons. The number of hydrogen-bond donors (Lipinski definition) is 0. The van der Waals surface area contributed by atoms with Gasteiger partial charge in [-0.1, -0.05) is 0 Å². The Kier molecular flexibility index (Phi) is 6.45. The van der Waals surface area contributed by atoms with Crippen molar-refractivity contribution in [2.45, 2.75) is 10.6 Å². The van der Waals surface area contributed by atoms with E-state index in [0.29, 0.717) is 4.22 Å². The molecule has 0 bridgehead atoms. The second kappa shape index (κ2) is 8.92. The summed E-state index contributed by atoms with van der Waals surface area (Å²) in [5.41, 5.74) is 3.01. The van der Waals surface area contributed by atoms with Crippen LogP contribution in [0.1, 0.15) is 21.8 Å². The largest absolute Gasteiger partial charge is 1.00 e. The van der Waals surface area contributed by atoms with Gasteiger partial charge in [0.15, 0.2) is 0 Å². The van der Waals surface area contributed by atoms with Gasteiger partial charge in [0.25, 0.3) is 0 Å². The summed E-state index contributed by atoms with van der Waals surface area (Å²) in [5, 5.41) is 7.67. The molecule has 3 aromatic carbocycles. The maximum absolute atomic E-state index is 2.54. The van der Waals surface area contributed by atoms with E-state index in [1.165, 1.54) is 16.3 Å². The number of hydrogen-bond acceptors (Lipinski definition) is 0. The molecule has 0 aliphatic heterocycles. The Morgan fingerprint density at radius 2 is 1.40 bits per heavy atom. The van der Waals surface area contributed by atoms with Crippen LogP contribution >= 0.6 is 7.53 Å². The summed E-state index contributed by atoms with van der Waals surface area (Å²) in [5.74, 6) is 0. The summed E-state index contributed by atoms with van der Waals surface area (Å²) in [7, 11) is -0.439. The Morgan fingerprint density at radius 1 is 0.767 bits per heavy atom. The van der Waals surface area contributed by atoms with Crippen LogP contribution in [0.25, 0.3) is 32.4 Å². The molecule has 0 saturated carbocycles. The first-order valence-electron chi connectivity index (χ1n) is 9.81. The summed E-state index contributed by atoms with van der Waals surface area (Å²) >= 11 is -0.228. The molecule has 0 N–H and O–H groups in total. The summed E-state index contributed by atoms with van der Waals surface area (Å²) < 4.78 is 2.30. The standard InChI is InChI=1S/C21H14P.C5H5.2ClH.Ti/c1-2-8-16-14-17(13-15(16)7-1)22-20-11-5-3-9-18(20)19-10-4-6-12-21(19)22;1-2-4-5-3-1;;;/h1-14H;1-3H,4H2;2*1H;/q;;;;+2/p-2. The number of benzene rings is 3. The molecule has 1 heterocycles. The number of allylic oxidation sites excluding steroid dienone is 5. The molecule has 1 aromatic heterocycles. The Labute approximate surface area is 199 Å². The summed E-state index contributed by atoms with van der Waals surface area (Å²) in [4.78, 5) is 0. The van der Waals surface area contributed by atoms with Crippen molar-refractivity contribution in [3.63, 3.8) is 0 Å². The SMILES string of the molecule is C1=CC[C]([Ti+2][CH]2C(p3c4ccccc4c4ccccc43)=Cc3ccccc32)=C1.[Cl-].[Cl-]. The van der Waals surface area contributed by atoms with Crippen LogP contribution in [0, 0.1) is 0 Å². The Balaban J connectivity index is 0.00000109. The van der Waals surface area contributed by atoms with Crippen molar-refractivity contribution in [1.82, 2.24) is 0 Å². The fourth-order valence-electron chi connectivity index (χ4n) is 4.59. The molecular weight excluding hydrogens is 462 g/mol. The van der Waals surface area contributed by atoms with Crippen LogP contribution in [0.15, 0.2) is 94.9 Å². The molecule has 2 aliphatic rings. The fourth-order valence-corrected chi connectivity index (χ4v) is 10.5. The summed E-state index contributed by atoms with van der Waals surface area (Å²) in [6, 6.07) is 27.3. The zero-order chi connectivity index (χ0) is 18.5. The molecule has 4 aromatic rings. The molecular formula is C26H19Cl2PTi. The first kappa shape index (κ1) is 21.7. The van der Waals surface area contributed by atoms with Gasteiger partial charge in [0, 0.05) is 0 Å². The van der Waals surface area contributed by atoms with Crippen LogP contribution in [0.5, 0.6) is 0 Å². The van der Waals surface area contributed by atoms with Gasteiger partial charge in [-0.05, 0) is 0 Å². The average molecular weight is 481 g/mol. The number of rotatable bonds is 3. The normalized spacial score (nSPS) is 16.5. The van der Waals surface area contributed by atoms with Crippen LogP contribution in [0.3, 0.4) is 0 Å². The van der Waals surface area contributed by atoms with Crippen molar-refractivity contribution < 1.29 is 44.0 Å². The molecule has 1 unspecified atom stereocenters. The van der Waals surface area contributed by atoms with Crippen molar-refractivity contribution in [2.24, 2.45) is 0 Å². The molecule has 30 heavy (non-hydrogen) atoms. The molecule has 0 fully saturated rings. The van der Waals surface area contributed by atoms with Crippen molar-refractivity contribution >= 4 is 39.9 Å². The molecule has 146 valence electrons. The van der Waals surface area contributed by atoms with Crippen molar-refractivity contribution in [1.29, 1.82) is 0 Å². The third kappa shape index (κ3) is 3.46. The van der Waals surface area contributed by atoms with Crippen LogP contribution in [0.4, 0.5) is 0 Å². The average Bonchev–Trinajstić information content (AvgIpc) is 3.45. The molecule has 2 aliphatic carbocycles. The quantitative estimate of drug-likeness (QED) is 0.393. The number of halogens is 2. The monoisotopic (exact) mass is 480 g/mol. The second-order valence-electron chi connectivity index (χ2n) is 7.47. The van der Waals surface area contributed by atoms with Gasteiger partial charge in [0.2, 0.25) is 0 Å². The molecule has 0 amide bonds. The van der Waals surface area contributed by atoms with Gasteiger partial charge in [-0.25, -0.2) is 0 Å². The minimum absolute atomic E-state index is 0. The van der Waals surface area contributed by atoms with E-state index in [4.69, 9.17) is 0 Å². The fraction of sp³-hybridized carbons (Fsp3) is 0.0769. The van der Waals surface area contributed by atoms with Crippen molar-refractivity contribution in [3.8, 4) is 0 Å². The predicted octanol–water partition coefficient (Wildman–Crippen LogP) is 1.97. The van der Waals surface area contributed by atoms with Crippen molar-refractivity contribution in [2.75, 3.05) is 0 Å². The molecule has 1 atom stereocenters. The smallest absolute Gasteiger partial charge is 1.00 e. The van der Waals surface area contributed by atoms with Gasteiger partial charge >= 0.3 is 176 Å². The van der Waals surface area contributed by atoms with E-state index in [-0.39, 0.29) is 44.0 Å². The Bertz CT molecular complexity index is 1280. The van der Waals surface area contributed by atoms with Crippen molar-refractivity contribution in [3.05, 3.63) is 106 Å². The van der Waals surface area contributed by atoms with E-state index >= 15 is 0 Å². The topological polar surface area (TPSA) is 0 Å². The Hall–Kier alpha value is -1.53. The molecule has 6 rings (SSSR count). The minimum Gasteiger partial charge on any atom is -1.00 e. The van der Waals surface area contributed by atoms with E-state index in [1.807, 2.05) is 0 Å². The molecule has 0 nitrogen and oxygen atoms in total. The molecule has 4 heteroatoms. The number of fused-ring (bicyclic) bond motifs is 4. The first-order valence-corrected chi connectivity index (χ1v) is 12.8. The van der Waals surface area contributed by atoms with E-state index in [1.54, 1.807) is 25.0 Å². The van der Waals surface area contributed by atoms with Gasteiger partial charge in [0.05, 0.1) is 0 Å². The third-order valence-corrected chi connectivity index (χ3v) is 11.5. The van der Waals surface area contributed by atoms with E-state index in [0.717, 1.165) is 6.42 Å². The Morgan fingerprint density at radius 3 is 2.07 bits per heavy atom. The zero-order valence-corrected chi connectivity index (χ0v) is 20.2. The minimum atomic E-state index is -0.439. The van der Waals surface area contributed by atoms with E-state index in [9.17, 15) is 0 Å². The maximum Gasteiger partial charge on any atom is -1.00 e. The zero-order valence-electron chi connectivity index (χ0n) is 16.2. The van der Waals surface area contributed by atoms with Gasteiger partial charge in [-0.2, -0.15) is 0 Å². The van der Waals surface area contributed by atoms with Gasteiger partial charge in [-0.15, -0.1) is 0 Å². The van der Waals surface area contributed by atoms with Crippen LogP contribution in [-0.4, -0.2) is 0 Å². The second-order valence-corrected chi connectivity index (χ2v) is 12.0. The van der Waals surface area contributed by atoms with Gasteiger partial charge in [0.1, 0.15) is 0 Å². The van der Waals surface area contributed by atoms with E-state index < -0.39 is 7.53 Å². The van der Waals surface area contributed by atoms with Crippen LogP contribution < -0.4 is 24.8 Å². The van der Waals surface area contributed by atoms with Gasteiger partial charge in [-0.3, -0.25) is 0 Å². The maximum atomic E-state index is 2.54. The van der Waals surface area contributed by atoms with E-state index in [2.05, 4.69) is 97.1 Å². The predicted molar refractivity (Wildman–Crippen MR) is 119 cm³/mol. The first-order chi connectivity index (χ1) is 13.9. The molecule has 0 spiro atoms. The summed E-state index contributed by atoms with van der Waals surface area (Å²) in [6.45, 7) is 0. The van der Waals surface area contributed by atoms with Crippen LogP contribution in [0.2, 0.25) is 0 Å².